The Hall–Kier alpha value is -2.20. The lowest BCUT2D eigenvalue weighted by molar-refractivity contribution is -0.122. The topological polar surface area (TPSA) is 47.6 Å². The summed E-state index contributed by atoms with van der Waals surface area (Å²) in [5, 5.41) is 3.36. The second-order valence-electron chi connectivity index (χ2n) is 4.67. The first-order chi connectivity index (χ1) is 10.6. The Morgan fingerprint density at radius 2 is 1.91 bits per heavy atom. The number of hydrogen-bond acceptors (Lipinski definition) is 3. The van der Waals surface area contributed by atoms with Crippen molar-refractivity contribution in [1.82, 2.24) is 0 Å². The standard InChI is InChI=1S/C17H18ClNO3/c1-3-21-15-8-5-7-14(11-15)19-17(20)12(2)22-16-9-4-6-13(18)10-16/h4-12H,3H2,1-2H3,(H,19,20). The molecule has 0 fully saturated rings. The summed E-state index contributed by atoms with van der Waals surface area (Å²) >= 11 is 5.89. The Labute approximate surface area is 135 Å². The molecule has 1 amide bonds. The number of amides is 1. The Bertz CT molecular complexity index is 645. The maximum atomic E-state index is 12.2. The number of halogens is 1. The van der Waals surface area contributed by atoms with E-state index in [0.717, 1.165) is 0 Å². The molecular weight excluding hydrogens is 302 g/mol. The highest BCUT2D eigenvalue weighted by Crippen LogP contribution is 2.20. The molecule has 0 bridgehead atoms. The summed E-state index contributed by atoms with van der Waals surface area (Å²) in [5.41, 5.74) is 0.664. The van der Waals surface area contributed by atoms with Crippen LogP contribution >= 0.6 is 11.6 Å². The largest absolute Gasteiger partial charge is 0.494 e. The van der Waals surface area contributed by atoms with Crippen LogP contribution in [-0.2, 0) is 4.79 Å². The van der Waals surface area contributed by atoms with E-state index in [1.807, 2.05) is 19.1 Å². The molecule has 0 heterocycles. The molecule has 0 aliphatic carbocycles. The molecular formula is C17H18ClNO3. The summed E-state index contributed by atoms with van der Waals surface area (Å²) in [4.78, 5) is 12.2. The molecule has 1 atom stereocenters. The second-order valence-corrected chi connectivity index (χ2v) is 5.10. The fourth-order valence-corrected chi connectivity index (χ4v) is 2.05. The maximum Gasteiger partial charge on any atom is 0.265 e. The second kappa shape index (κ2) is 7.71. The molecule has 2 aromatic carbocycles. The zero-order valence-corrected chi connectivity index (χ0v) is 13.3. The molecule has 5 heteroatoms. The van der Waals surface area contributed by atoms with Crippen molar-refractivity contribution in [2.24, 2.45) is 0 Å². The molecule has 0 saturated carbocycles. The van der Waals surface area contributed by atoms with E-state index in [4.69, 9.17) is 21.1 Å². The summed E-state index contributed by atoms with van der Waals surface area (Å²) in [7, 11) is 0. The molecule has 0 aromatic heterocycles. The van der Waals surface area contributed by atoms with Crippen molar-refractivity contribution in [2.45, 2.75) is 20.0 Å². The summed E-state index contributed by atoms with van der Waals surface area (Å²) in [6.45, 7) is 4.17. The van der Waals surface area contributed by atoms with Gasteiger partial charge in [-0.2, -0.15) is 0 Å². The lowest BCUT2D eigenvalue weighted by Gasteiger charge is -2.15. The zero-order valence-electron chi connectivity index (χ0n) is 12.5. The van der Waals surface area contributed by atoms with Crippen LogP contribution in [0.3, 0.4) is 0 Å². The van der Waals surface area contributed by atoms with E-state index < -0.39 is 6.10 Å². The van der Waals surface area contributed by atoms with Crippen molar-refractivity contribution in [3.63, 3.8) is 0 Å². The molecule has 2 rings (SSSR count). The summed E-state index contributed by atoms with van der Waals surface area (Å²) in [6.07, 6.45) is -0.644. The molecule has 22 heavy (non-hydrogen) atoms. The van der Waals surface area contributed by atoms with Crippen LogP contribution in [0, 0.1) is 0 Å². The predicted octanol–water partition coefficient (Wildman–Crippen LogP) is 4.14. The van der Waals surface area contributed by atoms with E-state index in [2.05, 4.69) is 5.32 Å². The van der Waals surface area contributed by atoms with E-state index in [1.165, 1.54) is 0 Å². The van der Waals surface area contributed by atoms with Crippen LogP contribution < -0.4 is 14.8 Å². The van der Waals surface area contributed by atoms with Crippen LogP contribution in [0.15, 0.2) is 48.5 Å². The number of hydrogen-bond donors (Lipinski definition) is 1. The smallest absolute Gasteiger partial charge is 0.265 e. The van der Waals surface area contributed by atoms with Crippen LogP contribution in [0.2, 0.25) is 5.02 Å². The number of anilines is 1. The highest BCUT2D eigenvalue weighted by Gasteiger charge is 2.15. The van der Waals surface area contributed by atoms with Crippen LogP contribution in [0.4, 0.5) is 5.69 Å². The molecule has 0 radical (unpaired) electrons. The van der Waals surface area contributed by atoms with Gasteiger partial charge >= 0.3 is 0 Å². The summed E-state index contributed by atoms with van der Waals surface area (Å²) in [5.74, 6) is 1.02. The van der Waals surface area contributed by atoms with Crippen molar-refractivity contribution in [2.75, 3.05) is 11.9 Å². The fourth-order valence-electron chi connectivity index (χ4n) is 1.87. The Morgan fingerprint density at radius 1 is 1.18 bits per heavy atom. The van der Waals surface area contributed by atoms with Gasteiger partial charge in [-0.15, -0.1) is 0 Å². The predicted molar refractivity (Wildman–Crippen MR) is 87.8 cm³/mol. The number of carbonyl (C=O) groups excluding carboxylic acids is 1. The van der Waals surface area contributed by atoms with Gasteiger partial charge in [0, 0.05) is 16.8 Å². The Morgan fingerprint density at radius 3 is 2.64 bits per heavy atom. The third-order valence-corrected chi connectivity index (χ3v) is 3.13. The third kappa shape index (κ3) is 4.67. The van der Waals surface area contributed by atoms with E-state index >= 15 is 0 Å². The van der Waals surface area contributed by atoms with Crippen LogP contribution in [0.25, 0.3) is 0 Å². The van der Waals surface area contributed by atoms with Gasteiger partial charge in [0.25, 0.3) is 5.91 Å². The number of nitrogens with one attached hydrogen (secondary N) is 1. The van der Waals surface area contributed by atoms with Crippen molar-refractivity contribution >= 4 is 23.2 Å². The lowest BCUT2D eigenvalue weighted by Crippen LogP contribution is -2.30. The van der Waals surface area contributed by atoms with E-state index in [9.17, 15) is 4.79 Å². The number of ether oxygens (including phenoxy) is 2. The van der Waals surface area contributed by atoms with Crippen LogP contribution in [0.1, 0.15) is 13.8 Å². The van der Waals surface area contributed by atoms with Gasteiger partial charge in [-0.3, -0.25) is 4.79 Å². The van der Waals surface area contributed by atoms with Gasteiger partial charge in [0.2, 0.25) is 0 Å². The minimum Gasteiger partial charge on any atom is -0.494 e. The van der Waals surface area contributed by atoms with Crippen LogP contribution in [-0.4, -0.2) is 18.6 Å². The van der Waals surface area contributed by atoms with Gasteiger partial charge in [0.15, 0.2) is 6.10 Å². The van der Waals surface area contributed by atoms with Crippen molar-refractivity contribution in [3.8, 4) is 11.5 Å². The lowest BCUT2D eigenvalue weighted by atomic mass is 10.2. The third-order valence-electron chi connectivity index (χ3n) is 2.89. The molecule has 1 unspecified atom stereocenters. The van der Waals surface area contributed by atoms with E-state index in [0.29, 0.717) is 28.8 Å². The quantitative estimate of drug-likeness (QED) is 0.870. The first-order valence-electron chi connectivity index (χ1n) is 7.04. The minimum atomic E-state index is -0.644. The summed E-state index contributed by atoms with van der Waals surface area (Å²) in [6, 6.07) is 14.2. The first-order valence-corrected chi connectivity index (χ1v) is 7.42. The van der Waals surface area contributed by atoms with Gasteiger partial charge in [0.05, 0.1) is 6.61 Å². The summed E-state index contributed by atoms with van der Waals surface area (Å²) < 4.78 is 11.0. The minimum absolute atomic E-state index is 0.242. The number of rotatable bonds is 6. The average molecular weight is 320 g/mol. The number of benzene rings is 2. The SMILES string of the molecule is CCOc1cccc(NC(=O)C(C)Oc2cccc(Cl)c2)c1. The van der Waals surface area contributed by atoms with Gasteiger partial charge in [-0.25, -0.2) is 0 Å². The molecule has 0 saturated heterocycles. The first kappa shape index (κ1) is 16.2. The molecule has 0 aliphatic heterocycles. The van der Waals surface area contributed by atoms with E-state index in [-0.39, 0.29) is 5.91 Å². The van der Waals surface area contributed by atoms with Gasteiger partial charge < -0.3 is 14.8 Å². The molecule has 0 aliphatic rings. The van der Waals surface area contributed by atoms with Gasteiger partial charge in [-0.1, -0.05) is 23.7 Å². The van der Waals surface area contributed by atoms with Crippen LogP contribution in [0.5, 0.6) is 11.5 Å². The monoisotopic (exact) mass is 319 g/mol. The molecule has 1 N–H and O–H groups in total. The average Bonchev–Trinajstić information content (AvgIpc) is 2.48. The van der Waals surface area contributed by atoms with Crippen molar-refractivity contribution < 1.29 is 14.3 Å². The van der Waals surface area contributed by atoms with Crippen molar-refractivity contribution in [1.29, 1.82) is 0 Å². The van der Waals surface area contributed by atoms with Gasteiger partial charge in [-0.05, 0) is 44.2 Å². The normalized spacial score (nSPS) is 11.6. The van der Waals surface area contributed by atoms with Gasteiger partial charge in [0.1, 0.15) is 11.5 Å². The highest BCUT2D eigenvalue weighted by atomic mass is 35.5. The molecule has 2 aromatic rings. The number of carbonyl (C=O) groups is 1. The maximum absolute atomic E-state index is 12.2. The fraction of sp³-hybridized carbons (Fsp3) is 0.235. The Balaban J connectivity index is 1.97. The Kier molecular flexibility index (Phi) is 5.67. The zero-order chi connectivity index (χ0) is 15.9. The molecule has 4 nitrogen and oxygen atoms in total. The van der Waals surface area contributed by atoms with Crippen molar-refractivity contribution in [3.05, 3.63) is 53.6 Å². The van der Waals surface area contributed by atoms with E-state index in [1.54, 1.807) is 43.3 Å². The molecule has 0 spiro atoms. The molecule has 116 valence electrons. The highest BCUT2D eigenvalue weighted by molar-refractivity contribution is 6.30.